The predicted molar refractivity (Wildman–Crippen MR) is 155 cm³/mol. The minimum absolute atomic E-state index is 0.00330. The van der Waals surface area contributed by atoms with Crippen molar-refractivity contribution in [2.75, 3.05) is 18.6 Å². The lowest BCUT2D eigenvalue weighted by atomic mass is 9.94. The smallest absolute Gasteiger partial charge is 0.350 e. The Bertz CT molecular complexity index is 1560. The maximum atomic E-state index is 13.6. The van der Waals surface area contributed by atoms with E-state index in [0.717, 1.165) is 29.1 Å². The van der Waals surface area contributed by atoms with E-state index >= 15 is 0 Å². The third-order valence-corrected chi connectivity index (χ3v) is 8.25. The molecule has 2 unspecified atom stereocenters. The van der Waals surface area contributed by atoms with Crippen molar-refractivity contribution in [3.05, 3.63) is 75.3 Å². The highest BCUT2D eigenvalue weighted by Gasteiger charge is 2.48. The van der Waals surface area contributed by atoms with Gasteiger partial charge in [0.15, 0.2) is 5.13 Å². The first-order valence-electron chi connectivity index (χ1n) is 13.5. The summed E-state index contributed by atoms with van der Waals surface area (Å²) in [4.78, 5) is 45.4. The van der Waals surface area contributed by atoms with Crippen LogP contribution in [-0.2, 0) is 20.7 Å². The average molecular weight is 577 g/mol. The molecule has 2 atom stereocenters. The lowest BCUT2D eigenvalue weighted by molar-refractivity contribution is -0.132. The van der Waals surface area contributed by atoms with E-state index in [-0.39, 0.29) is 27.4 Å². The van der Waals surface area contributed by atoms with Crippen LogP contribution in [0.2, 0.25) is 0 Å². The SMILES string of the molecule is COC(=O)c1sc(N2C(=O)C(=O)/C(=C(\O)c3ccc4c(c3)CC(C)O4)C2c2cccc(OCCC(C)C)c2)nc1C. The van der Waals surface area contributed by atoms with Gasteiger partial charge in [0.25, 0.3) is 5.78 Å². The summed E-state index contributed by atoms with van der Waals surface area (Å²) in [7, 11) is 1.26. The number of rotatable bonds is 8. The van der Waals surface area contributed by atoms with Crippen LogP contribution in [0.4, 0.5) is 5.13 Å². The monoisotopic (exact) mass is 576 g/mol. The van der Waals surface area contributed by atoms with Crippen LogP contribution in [0.1, 0.15) is 65.3 Å². The average Bonchev–Trinajstić information content (AvgIpc) is 3.59. The second kappa shape index (κ2) is 11.4. The molecule has 0 saturated carbocycles. The maximum absolute atomic E-state index is 13.6. The zero-order valence-corrected chi connectivity index (χ0v) is 24.4. The molecule has 214 valence electrons. The van der Waals surface area contributed by atoms with Crippen LogP contribution in [0.3, 0.4) is 0 Å². The number of thiazole rings is 1. The Kier molecular flexibility index (Phi) is 7.86. The number of fused-ring (bicyclic) bond motifs is 1. The molecule has 0 spiro atoms. The zero-order chi connectivity index (χ0) is 29.4. The number of aromatic nitrogens is 1. The van der Waals surface area contributed by atoms with Crippen molar-refractivity contribution in [2.24, 2.45) is 5.92 Å². The van der Waals surface area contributed by atoms with Gasteiger partial charge in [-0.1, -0.05) is 37.3 Å². The zero-order valence-electron chi connectivity index (χ0n) is 23.6. The Hall–Kier alpha value is -4.18. The molecule has 3 aromatic rings. The van der Waals surface area contributed by atoms with Crippen molar-refractivity contribution in [1.29, 1.82) is 0 Å². The summed E-state index contributed by atoms with van der Waals surface area (Å²) in [6, 6.07) is 11.3. The standard InChI is InChI=1S/C31H32N2O7S/c1-16(2)11-12-39-22-8-6-7-19(15-22)25-24(26(34)20-9-10-23-21(14-20)13-17(3)40-23)27(35)29(36)33(25)31-32-18(4)28(41-31)30(37)38-5/h6-10,14-17,25,34H,11-13H2,1-5H3/b26-24-. The Morgan fingerprint density at radius 1 is 1.22 bits per heavy atom. The number of benzene rings is 2. The minimum atomic E-state index is -1.01. The van der Waals surface area contributed by atoms with Gasteiger partial charge >= 0.3 is 11.9 Å². The number of esters is 1. The molecule has 1 amide bonds. The highest BCUT2D eigenvalue weighted by atomic mass is 32.1. The number of ether oxygens (including phenoxy) is 3. The molecule has 0 radical (unpaired) electrons. The van der Waals surface area contributed by atoms with E-state index in [1.54, 1.807) is 49.4 Å². The number of aryl methyl sites for hydroxylation is 1. The number of aliphatic hydroxyl groups excluding tert-OH is 1. The lowest BCUT2D eigenvalue weighted by Crippen LogP contribution is -2.29. The van der Waals surface area contributed by atoms with Gasteiger partial charge < -0.3 is 19.3 Å². The summed E-state index contributed by atoms with van der Waals surface area (Å²) < 4.78 is 16.6. The van der Waals surface area contributed by atoms with Gasteiger partial charge in [-0.15, -0.1) is 0 Å². The number of amides is 1. The van der Waals surface area contributed by atoms with Gasteiger partial charge in [-0.2, -0.15) is 0 Å². The normalized spacial score (nSPS) is 19.4. The first kappa shape index (κ1) is 28.4. The van der Waals surface area contributed by atoms with Crippen molar-refractivity contribution in [2.45, 2.75) is 52.7 Å². The molecular formula is C31H32N2O7S. The van der Waals surface area contributed by atoms with Crippen molar-refractivity contribution < 1.29 is 33.7 Å². The number of carbonyl (C=O) groups is 3. The van der Waals surface area contributed by atoms with Crippen molar-refractivity contribution >= 4 is 39.9 Å². The Balaban J connectivity index is 1.64. The fourth-order valence-electron chi connectivity index (χ4n) is 5.02. The minimum Gasteiger partial charge on any atom is -0.507 e. The molecule has 0 aliphatic carbocycles. The molecule has 2 aliphatic rings. The van der Waals surface area contributed by atoms with Crippen LogP contribution in [0.25, 0.3) is 5.76 Å². The summed E-state index contributed by atoms with van der Waals surface area (Å²) in [5, 5.41) is 11.7. The van der Waals surface area contributed by atoms with E-state index in [9.17, 15) is 19.5 Å². The van der Waals surface area contributed by atoms with E-state index in [0.29, 0.717) is 41.5 Å². The van der Waals surface area contributed by atoms with E-state index in [1.165, 1.54) is 12.0 Å². The summed E-state index contributed by atoms with van der Waals surface area (Å²) in [5.41, 5.74) is 2.16. The van der Waals surface area contributed by atoms with E-state index in [4.69, 9.17) is 14.2 Å². The molecule has 41 heavy (non-hydrogen) atoms. The number of ketones is 1. The van der Waals surface area contributed by atoms with Crippen LogP contribution >= 0.6 is 11.3 Å². The molecule has 1 fully saturated rings. The van der Waals surface area contributed by atoms with Gasteiger partial charge in [0.2, 0.25) is 0 Å². The van der Waals surface area contributed by atoms with Crippen LogP contribution in [-0.4, -0.2) is 47.6 Å². The Morgan fingerprint density at radius 2 is 2.00 bits per heavy atom. The van der Waals surface area contributed by atoms with Gasteiger partial charge in [-0.3, -0.25) is 14.5 Å². The molecule has 1 N–H and O–H groups in total. The Morgan fingerprint density at radius 3 is 2.73 bits per heavy atom. The van der Waals surface area contributed by atoms with E-state index in [1.807, 2.05) is 6.92 Å². The van der Waals surface area contributed by atoms with Gasteiger partial charge in [0.1, 0.15) is 28.2 Å². The fraction of sp³-hybridized carbons (Fsp3) is 0.355. The summed E-state index contributed by atoms with van der Waals surface area (Å²) >= 11 is 0.956. The second-order valence-electron chi connectivity index (χ2n) is 10.6. The van der Waals surface area contributed by atoms with Gasteiger partial charge in [-0.05, 0) is 67.6 Å². The first-order chi connectivity index (χ1) is 19.6. The van der Waals surface area contributed by atoms with Crippen LogP contribution < -0.4 is 14.4 Å². The number of carbonyl (C=O) groups excluding carboxylic acids is 3. The third kappa shape index (κ3) is 5.44. The van der Waals surface area contributed by atoms with Crippen molar-refractivity contribution in [1.82, 2.24) is 4.98 Å². The number of anilines is 1. The molecule has 9 nitrogen and oxygen atoms in total. The fourth-order valence-corrected chi connectivity index (χ4v) is 6.04. The molecule has 1 saturated heterocycles. The number of methoxy groups -OCH3 is 1. The van der Waals surface area contributed by atoms with Crippen LogP contribution in [0, 0.1) is 12.8 Å². The highest BCUT2D eigenvalue weighted by Crippen LogP contribution is 2.45. The first-order valence-corrected chi connectivity index (χ1v) is 14.3. The second-order valence-corrected chi connectivity index (χ2v) is 11.6. The van der Waals surface area contributed by atoms with Crippen molar-refractivity contribution in [3.63, 3.8) is 0 Å². The number of aliphatic hydroxyl groups is 1. The molecule has 2 aliphatic heterocycles. The molecule has 3 heterocycles. The van der Waals surface area contributed by atoms with E-state index in [2.05, 4.69) is 18.8 Å². The number of hydrogen-bond donors (Lipinski definition) is 1. The summed E-state index contributed by atoms with van der Waals surface area (Å²) in [6.07, 6.45) is 1.53. The predicted octanol–water partition coefficient (Wildman–Crippen LogP) is 5.61. The quantitative estimate of drug-likeness (QED) is 0.159. The molecule has 1 aromatic heterocycles. The number of hydrogen-bond acceptors (Lipinski definition) is 9. The number of nitrogens with zero attached hydrogens (tertiary/aromatic N) is 2. The van der Waals surface area contributed by atoms with Gasteiger partial charge in [0, 0.05) is 12.0 Å². The van der Waals surface area contributed by atoms with Crippen LogP contribution in [0.15, 0.2) is 48.0 Å². The molecular weight excluding hydrogens is 544 g/mol. The van der Waals surface area contributed by atoms with E-state index < -0.39 is 23.7 Å². The molecule has 2 aromatic carbocycles. The summed E-state index contributed by atoms with van der Waals surface area (Å²) in [6.45, 7) is 8.31. The van der Waals surface area contributed by atoms with Crippen molar-refractivity contribution in [3.8, 4) is 11.5 Å². The third-order valence-electron chi connectivity index (χ3n) is 7.11. The molecule has 5 rings (SSSR count). The molecule has 10 heteroatoms. The van der Waals surface area contributed by atoms with Gasteiger partial charge in [-0.25, -0.2) is 9.78 Å². The largest absolute Gasteiger partial charge is 0.507 e. The topological polar surface area (TPSA) is 115 Å². The lowest BCUT2D eigenvalue weighted by Gasteiger charge is -2.23. The van der Waals surface area contributed by atoms with Crippen LogP contribution in [0.5, 0.6) is 11.5 Å². The van der Waals surface area contributed by atoms with Gasteiger partial charge in [0.05, 0.1) is 31.0 Å². The molecule has 0 bridgehead atoms. The summed E-state index contributed by atoms with van der Waals surface area (Å²) in [5.74, 6) is -0.834. The Labute approximate surface area is 242 Å². The highest BCUT2D eigenvalue weighted by molar-refractivity contribution is 7.17. The number of Topliss-reactive ketones (excluding diaryl/α,β-unsaturated/α-hetero) is 1. The maximum Gasteiger partial charge on any atom is 0.350 e.